The lowest BCUT2D eigenvalue weighted by Gasteiger charge is -2.27. The Hall–Kier alpha value is -1.35. The van der Waals surface area contributed by atoms with E-state index >= 15 is 0 Å². The molecule has 1 N–H and O–H groups in total. The van der Waals surface area contributed by atoms with E-state index in [4.69, 9.17) is 11.6 Å². The van der Waals surface area contributed by atoms with Crippen molar-refractivity contribution >= 4 is 23.4 Å². The average Bonchev–Trinajstić information content (AvgIpc) is 2.38. The Bertz CT molecular complexity index is 470. The Morgan fingerprint density at radius 2 is 1.83 bits per heavy atom. The molecular formula is C14H15ClO3. The third kappa shape index (κ3) is 2.72. The first-order valence-electron chi connectivity index (χ1n) is 6.12. The Labute approximate surface area is 111 Å². The number of carbonyl (C=O) groups excluding carboxylic acids is 1. The van der Waals surface area contributed by atoms with Crippen LogP contribution in [0.25, 0.3) is 0 Å². The summed E-state index contributed by atoms with van der Waals surface area (Å²) < 4.78 is 0. The van der Waals surface area contributed by atoms with Gasteiger partial charge in [0.05, 0.1) is 5.92 Å². The Kier molecular flexibility index (Phi) is 4.02. The Morgan fingerprint density at radius 3 is 2.44 bits per heavy atom. The van der Waals surface area contributed by atoms with Gasteiger partial charge in [-0.2, -0.15) is 0 Å². The minimum Gasteiger partial charge on any atom is -0.481 e. The Morgan fingerprint density at radius 1 is 1.17 bits per heavy atom. The zero-order chi connectivity index (χ0) is 13.1. The van der Waals surface area contributed by atoms with Crippen LogP contribution in [0, 0.1) is 11.8 Å². The van der Waals surface area contributed by atoms with E-state index in [1.165, 1.54) is 0 Å². The first-order valence-corrected chi connectivity index (χ1v) is 6.50. The van der Waals surface area contributed by atoms with Gasteiger partial charge in [0.25, 0.3) is 0 Å². The molecule has 1 fully saturated rings. The van der Waals surface area contributed by atoms with Gasteiger partial charge in [0.1, 0.15) is 0 Å². The zero-order valence-electron chi connectivity index (χ0n) is 9.93. The predicted octanol–water partition coefficient (Wildman–Crippen LogP) is 3.41. The normalized spacial score (nSPS) is 23.6. The van der Waals surface area contributed by atoms with Crippen LogP contribution in [0.2, 0.25) is 5.02 Å². The minimum absolute atomic E-state index is 0.0930. The number of carboxylic acid groups (broad SMARTS) is 1. The van der Waals surface area contributed by atoms with E-state index in [9.17, 15) is 14.7 Å². The summed E-state index contributed by atoms with van der Waals surface area (Å²) in [5.41, 5.74) is 0.514. The molecule has 1 aliphatic carbocycles. The van der Waals surface area contributed by atoms with Crippen molar-refractivity contribution in [3.05, 3.63) is 34.9 Å². The number of aliphatic carboxylic acids is 1. The maximum absolute atomic E-state index is 12.3. The lowest BCUT2D eigenvalue weighted by atomic mass is 9.75. The molecule has 18 heavy (non-hydrogen) atoms. The third-order valence-corrected chi connectivity index (χ3v) is 3.76. The van der Waals surface area contributed by atoms with Gasteiger partial charge in [-0.25, -0.2) is 0 Å². The summed E-state index contributed by atoms with van der Waals surface area (Å²) in [5, 5.41) is 9.68. The smallest absolute Gasteiger partial charge is 0.307 e. The summed E-state index contributed by atoms with van der Waals surface area (Å²) in [6.07, 6.45) is 3.05. The molecule has 4 heteroatoms. The predicted molar refractivity (Wildman–Crippen MR) is 68.9 cm³/mol. The summed E-state index contributed by atoms with van der Waals surface area (Å²) in [5.74, 6) is -1.92. The van der Waals surface area contributed by atoms with Crippen LogP contribution < -0.4 is 0 Å². The summed E-state index contributed by atoms with van der Waals surface area (Å²) in [6, 6.07) is 6.72. The highest BCUT2D eigenvalue weighted by Crippen LogP contribution is 2.33. The molecule has 3 nitrogen and oxygen atoms in total. The van der Waals surface area contributed by atoms with Crippen LogP contribution in [0.1, 0.15) is 36.0 Å². The molecule has 0 aromatic heterocycles. The average molecular weight is 267 g/mol. The fourth-order valence-electron chi connectivity index (χ4n) is 2.60. The van der Waals surface area contributed by atoms with Crippen LogP contribution in [0.3, 0.4) is 0 Å². The van der Waals surface area contributed by atoms with Gasteiger partial charge in [-0.1, -0.05) is 36.6 Å². The topological polar surface area (TPSA) is 54.4 Å². The molecule has 2 atom stereocenters. The molecule has 0 radical (unpaired) electrons. The van der Waals surface area contributed by atoms with Gasteiger partial charge >= 0.3 is 5.97 Å². The fourth-order valence-corrected chi connectivity index (χ4v) is 2.79. The second-order valence-corrected chi connectivity index (χ2v) is 5.15. The van der Waals surface area contributed by atoms with E-state index in [-0.39, 0.29) is 5.78 Å². The highest BCUT2D eigenvalue weighted by Gasteiger charge is 2.35. The van der Waals surface area contributed by atoms with Gasteiger partial charge < -0.3 is 5.11 Å². The van der Waals surface area contributed by atoms with Crippen LogP contribution in [0.15, 0.2) is 24.3 Å². The maximum Gasteiger partial charge on any atom is 0.307 e. The van der Waals surface area contributed by atoms with Crippen LogP contribution in [-0.4, -0.2) is 16.9 Å². The largest absolute Gasteiger partial charge is 0.481 e. The number of carboxylic acids is 1. The van der Waals surface area contributed by atoms with E-state index < -0.39 is 17.8 Å². The fraction of sp³-hybridized carbons (Fsp3) is 0.429. The first kappa shape index (κ1) is 13.1. The van der Waals surface area contributed by atoms with E-state index in [0.29, 0.717) is 23.4 Å². The van der Waals surface area contributed by atoms with Gasteiger partial charge in [0.2, 0.25) is 0 Å². The molecule has 0 unspecified atom stereocenters. The standard InChI is InChI=1S/C14H15ClO3/c15-10-5-3-4-9(8-10)13(16)11-6-1-2-7-12(11)14(17)18/h3-5,8,11-12H,1-2,6-7H2,(H,17,18)/t11-,12+/m1/s1. The number of carbonyl (C=O) groups is 2. The molecule has 0 bridgehead atoms. The second-order valence-electron chi connectivity index (χ2n) is 4.71. The zero-order valence-corrected chi connectivity index (χ0v) is 10.7. The number of hydrogen-bond donors (Lipinski definition) is 1. The number of ketones is 1. The number of benzene rings is 1. The van der Waals surface area contributed by atoms with E-state index in [1.807, 2.05) is 0 Å². The summed E-state index contributed by atoms with van der Waals surface area (Å²) in [4.78, 5) is 23.5. The van der Waals surface area contributed by atoms with Crippen LogP contribution in [0.5, 0.6) is 0 Å². The molecule has 0 aliphatic heterocycles. The van der Waals surface area contributed by atoms with E-state index in [1.54, 1.807) is 24.3 Å². The molecular weight excluding hydrogens is 252 g/mol. The first-order chi connectivity index (χ1) is 8.59. The monoisotopic (exact) mass is 266 g/mol. The van der Waals surface area contributed by atoms with Gasteiger partial charge in [-0.15, -0.1) is 0 Å². The number of Topliss-reactive ketones (excluding diaryl/α,β-unsaturated/α-hetero) is 1. The van der Waals surface area contributed by atoms with Crippen molar-refractivity contribution in [2.24, 2.45) is 11.8 Å². The van der Waals surface area contributed by atoms with E-state index in [0.717, 1.165) is 12.8 Å². The minimum atomic E-state index is -0.866. The maximum atomic E-state index is 12.3. The van der Waals surface area contributed by atoms with Crippen molar-refractivity contribution in [2.45, 2.75) is 25.7 Å². The van der Waals surface area contributed by atoms with Crippen molar-refractivity contribution in [2.75, 3.05) is 0 Å². The Balaban J connectivity index is 2.23. The molecule has 1 aromatic rings. The number of hydrogen-bond acceptors (Lipinski definition) is 2. The highest BCUT2D eigenvalue weighted by molar-refractivity contribution is 6.31. The third-order valence-electron chi connectivity index (χ3n) is 3.53. The van der Waals surface area contributed by atoms with Crippen LogP contribution >= 0.6 is 11.6 Å². The van der Waals surface area contributed by atoms with Crippen LogP contribution in [0.4, 0.5) is 0 Å². The van der Waals surface area contributed by atoms with Gasteiger partial charge in [0.15, 0.2) is 5.78 Å². The van der Waals surface area contributed by atoms with Crippen LogP contribution in [-0.2, 0) is 4.79 Å². The molecule has 1 aromatic carbocycles. The van der Waals surface area contributed by atoms with Crippen molar-refractivity contribution in [3.63, 3.8) is 0 Å². The van der Waals surface area contributed by atoms with Gasteiger partial charge in [0, 0.05) is 16.5 Å². The highest BCUT2D eigenvalue weighted by atomic mass is 35.5. The molecule has 0 amide bonds. The second kappa shape index (κ2) is 5.53. The summed E-state index contributed by atoms with van der Waals surface area (Å²) >= 11 is 5.86. The summed E-state index contributed by atoms with van der Waals surface area (Å²) in [6.45, 7) is 0. The summed E-state index contributed by atoms with van der Waals surface area (Å²) in [7, 11) is 0. The molecule has 2 rings (SSSR count). The van der Waals surface area contributed by atoms with Crippen molar-refractivity contribution in [3.8, 4) is 0 Å². The quantitative estimate of drug-likeness (QED) is 0.853. The molecule has 0 saturated heterocycles. The van der Waals surface area contributed by atoms with Crippen molar-refractivity contribution in [1.29, 1.82) is 0 Å². The van der Waals surface area contributed by atoms with Crippen molar-refractivity contribution < 1.29 is 14.7 Å². The van der Waals surface area contributed by atoms with Crippen molar-refractivity contribution in [1.82, 2.24) is 0 Å². The number of rotatable bonds is 3. The van der Waals surface area contributed by atoms with Gasteiger partial charge in [-0.05, 0) is 25.0 Å². The lowest BCUT2D eigenvalue weighted by molar-refractivity contribution is -0.144. The molecule has 1 aliphatic rings. The lowest BCUT2D eigenvalue weighted by Crippen LogP contribution is -2.32. The SMILES string of the molecule is O=C(O)[C@H]1CCCC[C@H]1C(=O)c1cccc(Cl)c1. The molecule has 96 valence electrons. The number of halogens is 1. The molecule has 0 heterocycles. The van der Waals surface area contributed by atoms with Gasteiger partial charge in [-0.3, -0.25) is 9.59 Å². The molecule has 1 saturated carbocycles. The van der Waals surface area contributed by atoms with E-state index in [2.05, 4.69) is 0 Å². The molecule has 0 spiro atoms.